The zero-order valence-electron chi connectivity index (χ0n) is 17.3. The van der Waals surface area contributed by atoms with Crippen molar-refractivity contribution in [2.24, 2.45) is 5.92 Å². The lowest BCUT2D eigenvalue weighted by Gasteiger charge is -2.44. The molecule has 2 atom stereocenters. The molecule has 154 valence electrons. The van der Waals surface area contributed by atoms with E-state index in [1.54, 1.807) is 0 Å². The molecule has 1 amide bonds. The number of esters is 1. The molecule has 2 aromatic rings. The van der Waals surface area contributed by atoms with E-state index in [0.29, 0.717) is 12.8 Å². The highest BCUT2D eigenvalue weighted by atomic mass is 16.5. The van der Waals surface area contributed by atoms with Gasteiger partial charge in [-0.25, -0.2) is 0 Å². The predicted octanol–water partition coefficient (Wildman–Crippen LogP) is 3.88. The van der Waals surface area contributed by atoms with Crippen LogP contribution in [0.1, 0.15) is 31.7 Å². The molecule has 1 aliphatic rings. The molecule has 2 aromatic carbocycles. The minimum absolute atomic E-state index is 0.0661. The molecule has 1 fully saturated rings. The quantitative estimate of drug-likeness (QED) is 0.669. The van der Waals surface area contributed by atoms with E-state index in [9.17, 15) is 9.59 Å². The molecule has 5 nitrogen and oxygen atoms in total. The summed E-state index contributed by atoms with van der Waals surface area (Å²) < 4.78 is 5.01. The molecule has 2 unspecified atom stereocenters. The summed E-state index contributed by atoms with van der Waals surface area (Å²) in [5.74, 6) is -0.306. The van der Waals surface area contributed by atoms with Gasteiger partial charge in [-0.05, 0) is 37.0 Å². The fourth-order valence-corrected chi connectivity index (χ4v) is 4.06. The van der Waals surface area contributed by atoms with Gasteiger partial charge in [-0.15, -0.1) is 0 Å². The van der Waals surface area contributed by atoms with E-state index in [2.05, 4.69) is 17.0 Å². The number of ether oxygens (including phenoxy) is 1. The first-order valence-corrected chi connectivity index (χ1v) is 10.4. The van der Waals surface area contributed by atoms with Crippen LogP contribution in [0.5, 0.6) is 0 Å². The maximum Gasteiger partial charge on any atom is 0.308 e. The highest BCUT2D eigenvalue weighted by Gasteiger charge is 2.38. The predicted molar refractivity (Wildman–Crippen MR) is 114 cm³/mol. The van der Waals surface area contributed by atoms with Crippen molar-refractivity contribution in [3.05, 3.63) is 66.2 Å². The summed E-state index contributed by atoms with van der Waals surface area (Å²) in [5.41, 5.74) is 2.15. The van der Waals surface area contributed by atoms with Gasteiger partial charge in [0.05, 0.1) is 19.2 Å². The SMILES string of the molecule is CCC(=O)N(c1ccccc1)C1CC(C(=O)OC)CCN1CCc1ccccc1. The Morgan fingerprint density at radius 1 is 1.07 bits per heavy atom. The van der Waals surface area contributed by atoms with Crippen molar-refractivity contribution in [1.82, 2.24) is 4.90 Å². The molecule has 0 N–H and O–H groups in total. The third kappa shape index (κ3) is 5.24. The molecule has 0 aromatic heterocycles. The van der Waals surface area contributed by atoms with Crippen LogP contribution in [0.2, 0.25) is 0 Å². The minimum Gasteiger partial charge on any atom is -0.469 e. The van der Waals surface area contributed by atoms with E-state index >= 15 is 0 Å². The third-order valence-corrected chi connectivity index (χ3v) is 5.65. The first kappa shape index (κ1) is 21.1. The van der Waals surface area contributed by atoms with Gasteiger partial charge in [0, 0.05) is 25.2 Å². The second kappa shape index (κ2) is 10.2. The van der Waals surface area contributed by atoms with Crippen molar-refractivity contribution in [2.75, 3.05) is 25.1 Å². The number of anilines is 1. The number of benzene rings is 2. The molecule has 0 saturated carbocycles. The monoisotopic (exact) mass is 394 g/mol. The van der Waals surface area contributed by atoms with E-state index < -0.39 is 0 Å². The Morgan fingerprint density at radius 3 is 2.34 bits per heavy atom. The van der Waals surface area contributed by atoms with Crippen molar-refractivity contribution in [3.8, 4) is 0 Å². The summed E-state index contributed by atoms with van der Waals surface area (Å²) in [6, 6.07) is 20.1. The zero-order valence-corrected chi connectivity index (χ0v) is 17.3. The number of rotatable bonds is 7. The fourth-order valence-electron chi connectivity index (χ4n) is 4.06. The number of nitrogens with zero attached hydrogens (tertiary/aromatic N) is 2. The minimum atomic E-state index is -0.186. The highest BCUT2D eigenvalue weighted by Crippen LogP contribution is 2.30. The van der Waals surface area contributed by atoms with Crippen LogP contribution in [0, 0.1) is 5.92 Å². The van der Waals surface area contributed by atoms with E-state index in [1.165, 1.54) is 12.7 Å². The number of piperidine rings is 1. The lowest BCUT2D eigenvalue weighted by Crippen LogP contribution is -2.56. The van der Waals surface area contributed by atoms with E-state index in [1.807, 2.05) is 60.4 Å². The number of methoxy groups -OCH3 is 1. The average molecular weight is 395 g/mol. The molecular formula is C24H30N2O3. The molecule has 0 aliphatic carbocycles. The fraction of sp³-hybridized carbons (Fsp3) is 0.417. The lowest BCUT2D eigenvalue weighted by atomic mass is 9.92. The van der Waals surface area contributed by atoms with Crippen LogP contribution < -0.4 is 4.90 Å². The molecular weight excluding hydrogens is 364 g/mol. The first-order valence-electron chi connectivity index (χ1n) is 10.4. The second-order valence-electron chi connectivity index (χ2n) is 7.45. The highest BCUT2D eigenvalue weighted by molar-refractivity contribution is 5.93. The number of carbonyl (C=O) groups excluding carboxylic acids is 2. The van der Waals surface area contributed by atoms with Gasteiger partial charge in [0.1, 0.15) is 0 Å². The Morgan fingerprint density at radius 2 is 1.72 bits per heavy atom. The molecule has 1 aliphatic heterocycles. The van der Waals surface area contributed by atoms with Gasteiger partial charge < -0.3 is 4.74 Å². The number of hydrogen-bond acceptors (Lipinski definition) is 4. The van der Waals surface area contributed by atoms with Gasteiger partial charge >= 0.3 is 5.97 Å². The molecule has 1 heterocycles. The zero-order chi connectivity index (χ0) is 20.6. The molecule has 5 heteroatoms. The number of para-hydroxylation sites is 1. The number of hydrogen-bond donors (Lipinski definition) is 0. The number of likely N-dealkylation sites (tertiary alicyclic amines) is 1. The van der Waals surface area contributed by atoms with Gasteiger partial charge in [0.25, 0.3) is 0 Å². The number of carbonyl (C=O) groups is 2. The van der Waals surface area contributed by atoms with E-state index in [0.717, 1.165) is 31.6 Å². The van der Waals surface area contributed by atoms with Crippen LogP contribution in [0.25, 0.3) is 0 Å². The van der Waals surface area contributed by atoms with Gasteiger partial charge in [0.15, 0.2) is 0 Å². The summed E-state index contributed by atoms with van der Waals surface area (Å²) in [7, 11) is 1.44. The average Bonchev–Trinajstić information content (AvgIpc) is 2.79. The summed E-state index contributed by atoms with van der Waals surface area (Å²) in [5, 5.41) is 0. The molecule has 0 radical (unpaired) electrons. The lowest BCUT2D eigenvalue weighted by molar-refractivity contribution is -0.148. The van der Waals surface area contributed by atoms with E-state index in [4.69, 9.17) is 4.74 Å². The smallest absolute Gasteiger partial charge is 0.308 e. The summed E-state index contributed by atoms with van der Waals surface area (Å²) in [4.78, 5) is 29.4. The third-order valence-electron chi connectivity index (χ3n) is 5.65. The van der Waals surface area contributed by atoms with Crippen molar-refractivity contribution in [3.63, 3.8) is 0 Å². The summed E-state index contributed by atoms with van der Waals surface area (Å²) in [6.45, 7) is 3.48. The largest absolute Gasteiger partial charge is 0.469 e. The second-order valence-corrected chi connectivity index (χ2v) is 7.45. The number of amides is 1. The normalized spacial score (nSPS) is 19.5. The first-order chi connectivity index (χ1) is 14.1. The Kier molecular flexibility index (Phi) is 7.42. The molecule has 0 bridgehead atoms. The van der Waals surface area contributed by atoms with E-state index in [-0.39, 0.29) is 24.0 Å². The molecule has 3 rings (SSSR count). The summed E-state index contributed by atoms with van der Waals surface area (Å²) in [6.07, 6.45) is 2.50. The summed E-state index contributed by atoms with van der Waals surface area (Å²) >= 11 is 0. The maximum absolute atomic E-state index is 13.0. The standard InChI is InChI=1S/C24H30N2O3/c1-3-23(27)26(21-12-8-5-9-13-21)22-18-20(24(28)29-2)15-17-25(22)16-14-19-10-6-4-7-11-19/h4-13,20,22H,3,14-18H2,1-2H3. The van der Waals surface area contributed by atoms with Crippen LogP contribution in [0.15, 0.2) is 60.7 Å². The van der Waals surface area contributed by atoms with Crippen LogP contribution >= 0.6 is 0 Å². The molecule has 29 heavy (non-hydrogen) atoms. The molecule has 0 spiro atoms. The Hall–Kier alpha value is -2.66. The Labute approximate surface area is 173 Å². The van der Waals surface area contributed by atoms with Crippen LogP contribution in [0.4, 0.5) is 5.69 Å². The van der Waals surface area contributed by atoms with Gasteiger partial charge in [-0.3, -0.25) is 19.4 Å². The van der Waals surface area contributed by atoms with Gasteiger partial charge in [0.2, 0.25) is 5.91 Å². The van der Waals surface area contributed by atoms with Gasteiger partial charge in [-0.2, -0.15) is 0 Å². The van der Waals surface area contributed by atoms with Crippen molar-refractivity contribution >= 4 is 17.6 Å². The van der Waals surface area contributed by atoms with Crippen LogP contribution in [-0.2, 0) is 20.7 Å². The van der Waals surface area contributed by atoms with Crippen LogP contribution in [0.3, 0.4) is 0 Å². The van der Waals surface area contributed by atoms with Crippen molar-refractivity contribution < 1.29 is 14.3 Å². The Balaban J connectivity index is 1.87. The van der Waals surface area contributed by atoms with Crippen molar-refractivity contribution in [1.29, 1.82) is 0 Å². The Bertz CT molecular complexity index is 794. The van der Waals surface area contributed by atoms with Crippen LogP contribution in [-0.4, -0.2) is 43.1 Å². The topological polar surface area (TPSA) is 49.9 Å². The maximum atomic E-state index is 13.0. The van der Waals surface area contributed by atoms with Gasteiger partial charge in [-0.1, -0.05) is 55.5 Å². The molecule has 1 saturated heterocycles. The van der Waals surface area contributed by atoms with Crippen molar-refractivity contribution in [2.45, 2.75) is 38.8 Å².